The van der Waals surface area contributed by atoms with E-state index in [2.05, 4.69) is 15.0 Å². The van der Waals surface area contributed by atoms with Crippen molar-refractivity contribution in [3.63, 3.8) is 0 Å². The topological polar surface area (TPSA) is 100 Å². The lowest BCUT2D eigenvalue weighted by Gasteiger charge is -2.15. The molecule has 1 N–H and O–H groups in total. The Labute approximate surface area is 205 Å². The van der Waals surface area contributed by atoms with E-state index in [1.165, 1.54) is 12.1 Å². The summed E-state index contributed by atoms with van der Waals surface area (Å²) in [7, 11) is 0. The van der Waals surface area contributed by atoms with Crippen LogP contribution in [0.15, 0.2) is 59.7 Å². The number of halogens is 1. The Hall–Kier alpha value is -3.40. The number of hydrogen-bond donors (Lipinski definition) is 1. The molecule has 2 aliphatic heterocycles. The maximum atomic E-state index is 11.2. The third-order valence-corrected chi connectivity index (χ3v) is 6.48. The van der Waals surface area contributed by atoms with Gasteiger partial charge in [0.25, 0.3) is 6.01 Å². The Bertz CT molecular complexity index is 1380. The number of fused-ring (bicyclic) bond motifs is 2. The SMILES string of the molecule is O=c1ccn(CCOc2ccc(-c3nc4nc(O[C@@H]5CO[C@@H]6CCO[C@@H]65)[nH]c4cc3Cl)cc2)cc1. The standard InChI is InChI=1S/C25H23ClN4O5/c26-18-13-19-24(29-25(27-19)35-21-14-34-20-7-11-33-23(20)21)28-22(18)15-1-3-17(4-2-15)32-12-10-30-8-5-16(31)6-9-30/h1-6,8-9,13,20-21,23H,7,10-12,14H2,(H,27,28,29)/t20-,21-,23+/m1/s1. The van der Waals surface area contributed by atoms with Crippen LogP contribution in [0, 0.1) is 0 Å². The molecule has 1 aromatic carbocycles. The van der Waals surface area contributed by atoms with Crippen molar-refractivity contribution in [1.82, 2.24) is 19.5 Å². The molecule has 180 valence electrons. The minimum Gasteiger partial charge on any atom is -0.492 e. The quantitative estimate of drug-likeness (QED) is 0.420. The summed E-state index contributed by atoms with van der Waals surface area (Å²) in [6.45, 7) is 2.28. The highest BCUT2D eigenvalue weighted by Gasteiger charge is 2.43. The van der Waals surface area contributed by atoms with E-state index in [1.807, 2.05) is 28.8 Å². The summed E-state index contributed by atoms with van der Waals surface area (Å²) in [4.78, 5) is 23.5. The van der Waals surface area contributed by atoms with Gasteiger partial charge in [-0.15, -0.1) is 0 Å². The zero-order valence-electron chi connectivity index (χ0n) is 18.7. The zero-order valence-corrected chi connectivity index (χ0v) is 19.5. The number of pyridine rings is 2. The minimum absolute atomic E-state index is 0.0120. The molecule has 0 unspecified atom stereocenters. The Morgan fingerprint density at radius 1 is 1.11 bits per heavy atom. The van der Waals surface area contributed by atoms with E-state index in [0.717, 1.165) is 17.7 Å². The Morgan fingerprint density at radius 2 is 1.94 bits per heavy atom. The van der Waals surface area contributed by atoms with Crippen LogP contribution in [-0.4, -0.2) is 57.7 Å². The Morgan fingerprint density at radius 3 is 2.77 bits per heavy atom. The molecule has 0 radical (unpaired) electrons. The third-order valence-electron chi connectivity index (χ3n) is 6.19. The van der Waals surface area contributed by atoms with Gasteiger partial charge in [0.2, 0.25) is 0 Å². The van der Waals surface area contributed by atoms with Gasteiger partial charge in [-0.3, -0.25) is 4.79 Å². The highest BCUT2D eigenvalue weighted by Crippen LogP contribution is 2.32. The maximum Gasteiger partial charge on any atom is 0.296 e. The number of aromatic amines is 1. The number of hydrogen-bond acceptors (Lipinski definition) is 7. The molecule has 3 aromatic heterocycles. The number of nitrogens with one attached hydrogen (secondary N) is 1. The van der Waals surface area contributed by atoms with Gasteiger partial charge >= 0.3 is 0 Å². The highest BCUT2D eigenvalue weighted by atomic mass is 35.5. The molecule has 2 aliphatic rings. The van der Waals surface area contributed by atoms with Gasteiger partial charge in [0.1, 0.15) is 18.5 Å². The molecule has 3 atom stereocenters. The molecule has 10 heteroatoms. The minimum atomic E-state index is -0.199. The fourth-order valence-electron chi connectivity index (χ4n) is 4.40. The second-order valence-corrected chi connectivity index (χ2v) is 8.94. The lowest BCUT2D eigenvalue weighted by atomic mass is 10.1. The van der Waals surface area contributed by atoms with Crippen LogP contribution in [0.5, 0.6) is 11.8 Å². The predicted octanol–water partition coefficient (Wildman–Crippen LogP) is 3.45. The van der Waals surface area contributed by atoms with Crippen molar-refractivity contribution >= 4 is 22.8 Å². The van der Waals surface area contributed by atoms with E-state index >= 15 is 0 Å². The average Bonchev–Trinajstić information content (AvgIpc) is 3.57. The van der Waals surface area contributed by atoms with Crippen molar-refractivity contribution in [3.05, 3.63) is 70.1 Å². The van der Waals surface area contributed by atoms with Gasteiger partial charge < -0.3 is 28.5 Å². The molecular weight excluding hydrogens is 472 g/mol. The molecule has 0 spiro atoms. The van der Waals surface area contributed by atoms with Crippen molar-refractivity contribution in [2.45, 2.75) is 31.3 Å². The third kappa shape index (κ3) is 4.62. The lowest BCUT2D eigenvalue weighted by molar-refractivity contribution is 0.0273. The summed E-state index contributed by atoms with van der Waals surface area (Å²) < 4.78 is 25.2. The van der Waals surface area contributed by atoms with E-state index in [1.54, 1.807) is 18.5 Å². The number of aromatic nitrogens is 4. The first kappa shape index (κ1) is 22.1. The molecule has 0 aliphatic carbocycles. The fraction of sp³-hybridized carbons (Fsp3) is 0.320. The second kappa shape index (κ2) is 9.33. The molecule has 6 rings (SSSR count). The summed E-state index contributed by atoms with van der Waals surface area (Å²) in [5.74, 6) is 0.730. The smallest absolute Gasteiger partial charge is 0.296 e. The van der Waals surface area contributed by atoms with Crippen molar-refractivity contribution in [2.75, 3.05) is 19.8 Å². The van der Waals surface area contributed by atoms with Gasteiger partial charge in [-0.05, 0) is 36.8 Å². The largest absolute Gasteiger partial charge is 0.492 e. The normalized spacial score (nSPS) is 21.3. The number of rotatable bonds is 7. The van der Waals surface area contributed by atoms with Crippen LogP contribution < -0.4 is 14.9 Å². The van der Waals surface area contributed by atoms with Gasteiger partial charge in [0, 0.05) is 36.7 Å². The monoisotopic (exact) mass is 494 g/mol. The molecule has 5 heterocycles. The van der Waals surface area contributed by atoms with Crippen molar-refractivity contribution in [1.29, 1.82) is 0 Å². The van der Waals surface area contributed by atoms with E-state index in [4.69, 9.17) is 30.5 Å². The molecular formula is C25H23ClN4O5. The molecule has 0 amide bonds. The molecule has 0 saturated carbocycles. The summed E-state index contributed by atoms with van der Waals surface area (Å²) in [6, 6.07) is 12.8. The van der Waals surface area contributed by atoms with Crippen molar-refractivity contribution in [2.24, 2.45) is 0 Å². The van der Waals surface area contributed by atoms with Crippen LogP contribution in [0.1, 0.15) is 6.42 Å². The summed E-state index contributed by atoms with van der Waals surface area (Å²) in [6.07, 6.45) is 4.21. The van der Waals surface area contributed by atoms with E-state index in [0.29, 0.717) is 54.3 Å². The van der Waals surface area contributed by atoms with Crippen molar-refractivity contribution in [3.8, 4) is 23.0 Å². The van der Waals surface area contributed by atoms with Gasteiger partial charge in [0.05, 0.1) is 35.5 Å². The summed E-state index contributed by atoms with van der Waals surface area (Å²) in [5.41, 5.74) is 2.67. The fourth-order valence-corrected chi connectivity index (χ4v) is 4.66. The second-order valence-electron chi connectivity index (χ2n) is 8.53. The number of nitrogens with zero attached hydrogens (tertiary/aromatic N) is 3. The first-order chi connectivity index (χ1) is 17.1. The van der Waals surface area contributed by atoms with Crippen molar-refractivity contribution < 1.29 is 18.9 Å². The molecule has 2 saturated heterocycles. The first-order valence-electron chi connectivity index (χ1n) is 11.5. The zero-order chi connectivity index (χ0) is 23.8. The molecule has 0 bridgehead atoms. The average molecular weight is 495 g/mol. The van der Waals surface area contributed by atoms with Crippen LogP contribution >= 0.6 is 11.6 Å². The van der Waals surface area contributed by atoms with Gasteiger partial charge in [-0.25, -0.2) is 4.98 Å². The number of imidazole rings is 1. The summed E-state index contributed by atoms with van der Waals surface area (Å²) in [5, 5.41) is 0.503. The maximum absolute atomic E-state index is 11.2. The van der Waals surface area contributed by atoms with Crippen LogP contribution in [0.25, 0.3) is 22.4 Å². The van der Waals surface area contributed by atoms with E-state index in [-0.39, 0.29) is 23.7 Å². The van der Waals surface area contributed by atoms with Gasteiger partial charge in [-0.1, -0.05) is 11.6 Å². The molecule has 9 nitrogen and oxygen atoms in total. The molecule has 4 aromatic rings. The Balaban J connectivity index is 1.13. The van der Waals surface area contributed by atoms with Crippen LogP contribution in [0.4, 0.5) is 0 Å². The van der Waals surface area contributed by atoms with Gasteiger partial charge in [-0.2, -0.15) is 4.98 Å². The first-order valence-corrected chi connectivity index (χ1v) is 11.9. The number of benzene rings is 1. The summed E-state index contributed by atoms with van der Waals surface area (Å²) >= 11 is 6.55. The van der Waals surface area contributed by atoms with E-state index in [9.17, 15) is 4.79 Å². The molecule has 35 heavy (non-hydrogen) atoms. The molecule has 2 fully saturated rings. The highest BCUT2D eigenvalue weighted by molar-refractivity contribution is 6.33. The van der Waals surface area contributed by atoms with Crippen LogP contribution in [0.2, 0.25) is 5.02 Å². The van der Waals surface area contributed by atoms with E-state index < -0.39 is 0 Å². The lowest BCUT2D eigenvalue weighted by Crippen LogP contribution is -2.32. The van der Waals surface area contributed by atoms with Crippen LogP contribution in [-0.2, 0) is 16.0 Å². The van der Waals surface area contributed by atoms with Gasteiger partial charge in [0.15, 0.2) is 17.2 Å². The number of ether oxygens (including phenoxy) is 4. The van der Waals surface area contributed by atoms with Crippen LogP contribution in [0.3, 0.4) is 0 Å². The predicted molar refractivity (Wildman–Crippen MR) is 129 cm³/mol. The number of H-pyrrole nitrogens is 1. The Kier molecular flexibility index (Phi) is 5.89.